The van der Waals surface area contributed by atoms with E-state index in [-0.39, 0.29) is 53.5 Å². The van der Waals surface area contributed by atoms with Crippen LogP contribution >= 0.6 is 0 Å². The van der Waals surface area contributed by atoms with Crippen LogP contribution in [-0.4, -0.2) is 25.9 Å². The topological polar surface area (TPSA) is 134 Å². The Morgan fingerprint density at radius 1 is 0.800 bits per heavy atom. The molecule has 8 nitrogen and oxygen atoms in total. The molecule has 0 aliphatic carbocycles. The second kappa shape index (κ2) is 6.72. The van der Waals surface area contributed by atoms with Gasteiger partial charge in [0.1, 0.15) is 9.79 Å². The third-order valence-electron chi connectivity index (χ3n) is 3.48. The van der Waals surface area contributed by atoms with Crippen LogP contribution in [0.15, 0.2) is 46.2 Å². The van der Waals surface area contributed by atoms with Crippen molar-refractivity contribution in [2.75, 3.05) is 0 Å². The van der Waals surface area contributed by atoms with Crippen molar-refractivity contribution in [2.45, 2.75) is 9.79 Å². The van der Waals surface area contributed by atoms with Gasteiger partial charge >= 0.3 is 29.6 Å². The number of hydrogen-bond acceptors (Lipinski definition) is 4. The van der Waals surface area contributed by atoms with E-state index in [4.69, 9.17) is 0 Å². The number of rotatable bonds is 2. The summed E-state index contributed by atoms with van der Waals surface area (Å²) in [6.45, 7) is 0. The molecule has 0 amide bonds. The molecule has 2 aromatic carbocycles. The fourth-order valence-electron chi connectivity index (χ4n) is 2.36. The summed E-state index contributed by atoms with van der Waals surface area (Å²) in [5.41, 5.74) is 10.4. The van der Waals surface area contributed by atoms with Crippen molar-refractivity contribution in [3.8, 4) is 0 Å². The van der Waals surface area contributed by atoms with Crippen molar-refractivity contribution in [1.29, 1.82) is 0 Å². The average Bonchev–Trinajstić information content (AvgIpc) is 2.56. The summed E-state index contributed by atoms with van der Waals surface area (Å²) in [4.78, 5) is -0.905. The molecule has 4 bridgehead atoms. The maximum atomic E-state index is 11.5. The van der Waals surface area contributed by atoms with E-state index in [1.807, 2.05) is 0 Å². The van der Waals surface area contributed by atoms with Crippen LogP contribution in [0.1, 0.15) is 12.6 Å². The van der Waals surface area contributed by atoms with E-state index in [0.717, 1.165) is 12.1 Å². The zero-order chi connectivity index (χ0) is 17.7. The Bertz CT molecular complexity index is 1040. The Morgan fingerprint density at radius 3 is 1.48 bits per heavy atom. The van der Waals surface area contributed by atoms with E-state index < -0.39 is 30.0 Å². The van der Waals surface area contributed by atoms with E-state index in [2.05, 4.69) is 0 Å². The van der Waals surface area contributed by atoms with Crippen LogP contribution in [-0.2, 0) is 20.2 Å². The largest absolute Gasteiger partial charge is 1.00 e. The van der Waals surface area contributed by atoms with Gasteiger partial charge in [-0.3, -0.25) is 9.11 Å². The zero-order valence-corrected chi connectivity index (χ0v) is 16.5. The molecular formula is C14H11N2NaO6S2. The number of hydrogen-bond donors (Lipinski definition) is 2. The summed E-state index contributed by atoms with van der Waals surface area (Å²) >= 11 is 0. The van der Waals surface area contributed by atoms with Gasteiger partial charge in [0.2, 0.25) is 11.4 Å². The molecule has 0 aromatic heterocycles. The molecule has 0 saturated carbocycles. The number of nitrogens with zero attached hydrogens (tertiary/aromatic N) is 2. The zero-order valence-electron chi connectivity index (χ0n) is 13.9. The fraction of sp³-hybridized carbons (Fsp3) is 0. The molecule has 4 aliphatic heterocycles. The quantitative estimate of drug-likeness (QED) is 0.349. The van der Waals surface area contributed by atoms with E-state index in [1.54, 1.807) is 0 Å². The van der Waals surface area contributed by atoms with Gasteiger partial charge in [-0.25, -0.2) is 4.70 Å². The first kappa shape index (κ1) is 19.9. The number of benzene rings is 2. The molecule has 0 saturated heterocycles. The SMILES string of the molecule is [H-].[N-]=[N+]1c2ccc(c(S(=O)(=O)O)c2)/C=C/c2ccc1cc2S(=O)(=O)O.[Na+]. The van der Waals surface area contributed by atoms with Crippen LogP contribution < -0.4 is 34.3 Å². The molecule has 11 heteroatoms. The van der Waals surface area contributed by atoms with Crippen LogP contribution in [0.25, 0.3) is 17.7 Å². The maximum Gasteiger partial charge on any atom is 1.00 e. The van der Waals surface area contributed by atoms with E-state index in [0.29, 0.717) is 4.70 Å². The van der Waals surface area contributed by atoms with Crippen molar-refractivity contribution in [3.63, 3.8) is 0 Å². The molecule has 0 unspecified atom stereocenters. The first-order valence-electron chi connectivity index (χ1n) is 6.47. The van der Waals surface area contributed by atoms with Crippen molar-refractivity contribution >= 4 is 43.8 Å². The Labute approximate surface area is 167 Å². The summed E-state index contributed by atoms with van der Waals surface area (Å²) < 4.78 is 65.4. The molecule has 0 radical (unpaired) electrons. The monoisotopic (exact) mass is 390 g/mol. The van der Waals surface area contributed by atoms with Gasteiger partial charge in [0.25, 0.3) is 20.2 Å². The van der Waals surface area contributed by atoms with E-state index in [9.17, 15) is 31.5 Å². The van der Waals surface area contributed by atoms with Gasteiger partial charge in [0.05, 0.1) is 0 Å². The van der Waals surface area contributed by atoms with Gasteiger partial charge in [-0.1, -0.05) is 12.2 Å². The molecule has 6 rings (SSSR count). The predicted octanol–water partition coefficient (Wildman–Crippen LogP) is -0.363. The van der Waals surface area contributed by atoms with Gasteiger partial charge in [-0.05, 0) is 23.3 Å². The Hall–Kier alpha value is -1.40. The van der Waals surface area contributed by atoms with Crippen LogP contribution in [0.3, 0.4) is 0 Å². The predicted molar refractivity (Wildman–Crippen MR) is 87.4 cm³/mol. The molecule has 4 heterocycles. The Kier molecular flexibility index (Phi) is 5.36. The van der Waals surface area contributed by atoms with Gasteiger partial charge in [0.15, 0.2) is 0 Å². The first-order valence-corrected chi connectivity index (χ1v) is 9.35. The van der Waals surface area contributed by atoms with Crippen LogP contribution in [0.4, 0.5) is 11.4 Å². The minimum atomic E-state index is -4.58. The van der Waals surface area contributed by atoms with Gasteiger partial charge in [-0.15, -0.1) is 0 Å². The summed E-state index contributed by atoms with van der Waals surface area (Å²) in [5.74, 6) is 0. The van der Waals surface area contributed by atoms with E-state index >= 15 is 0 Å². The molecule has 0 fully saturated rings. The van der Waals surface area contributed by atoms with Crippen LogP contribution in [0.5, 0.6) is 0 Å². The second-order valence-corrected chi connectivity index (χ2v) is 7.82. The fourth-order valence-corrected chi connectivity index (χ4v) is 3.77. The molecular weight excluding hydrogens is 379 g/mol. The molecule has 126 valence electrons. The van der Waals surface area contributed by atoms with Crippen LogP contribution in [0.2, 0.25) is 0 Å². The summed E-state index contributed by atoms with van der Waals surface area (Å²) in [5, 5.41) is 0. The third-order valence-corrected chi connectivity index (χ3v) is 5.30. The van der Waals surface area contributed by atoms with Crippen molar-refractivity contribution in [3.05, 3.63) is 53.1 Å². The summed E-state index contributed by atoms with van der Waals surface area (Å²) in [6, 6.07) is 7.55. The van der Waals surface area contributed by atoms with Crippen molar-refractivity contribution in [1.82, 2.24) is 4.70 Å². The average molecular weight is 390 g/mol. The minimum Gasteiger partial charge on any atom is -1.00 e. The smallest absolute Gasteiger partial charge is 1.00 e. The standard InChI is InChI=1S/C14H10N2O6S2.Na.H/c15-16-11-5-3-9(13(7-11)23(17,18)19)1-2-10-4-6-12(16)8-14(10)24(20,21)22;;/h1-8H,(H,17,18,19)(H,20,21,22);;/q;+1;-1/b2-1+;;. The van der Waals surface area contributed by atoms with Gasteiger partial charge in [0, 0.05) is 24.3 Å². The molecule has 2 N–H and O–H groups in total. The van der Waals surface area contributed by atoms with Crippen molar-refractivity contribution < 1.29 is 56.9 Å². The van der Waals surface area contributed by atoms with Gasteiger partial charge < -0.3 is 6.96 Å². The van der Waals surface area contributed by atoms with Gasteiger partial charge in [-0.2, -0.15) is 16.8 Å². The first-order chi connectivity index (χ1) is 11.1. The molecule has 0 atom stereocenters. The normalized spacial score (nSPS) is 14.7. The Morgan fingerprint density at radius 2 is 1.16 bits per heavy atom. The molecule has 2 aromatic rings. The van der Waals surface area contributed by atoms with Crippen molar-refractivity contribution in [2.24, 2.45) is 0 Å². The summed E-state index contributed by atoms with van der Waals surface area (Å²) in [6.07, 6.45) is 2.56. The third kappa shape index (κ3) is 3.90. The van der Waals surface area contributed by atoms with E-state index in [1.165, 1.54) is 36.4 Å². The minimum absolute atomic E-state index is 0. The Balaban J connectivity index is 0.00000169. The maximum absolute atomic E-state index is 11.5. The molecule has 0 spiro atoms. The molecule has 4 aliphatic rings. The molecule has 25 heavy (non-hydrogen) atoms. The van der Waals surface area contributed by atoms with Crippen LogP contribution in [0, 0.1) is 0 Å². The second-order valence-electron chi connectivity index (χ2n) is 5.04. The summed E-state index contributed by atoms with van der Waals surface area (Å²) in [7, 11) is -9.15.